The summed E-state index contributed by atoms with van der Waals surface area (Å²) >= 11 is 0. The first-order chi connectivity index (χ1) is 8.69. The number of aliphatic hydroxyl groups is 1. The van der Waals surface area contributed by atoms with Gasteiger partial charge < -0.3 is 9.84 Å². The van der Waals surface area contributed by atoms with E-state index in [0.29, 0.717) is 17.1 Å². The van der Waals surface area contributed by atoms with Gasteiger partial charge in [0.1, 0.15) is 23.4 Å². The molecule has 1 unspecified atom stereocenters. The largest absolute Gasteiger partial charge is 0.457 e. The maximum Gasteiger partial charge on any atom is 0.140 e. The van der Waals surface area contributed by atoms with E-state index in [9.17, 15) is 9.50 Å². The molecule has 1 atom stereocenters. The van der Waals surface area contributed by atoms with Gasteiger partial charge in [0.15, 0.2) is 0 Å². The Hall–Kier alpha value is -2.31. The standard InChI is InChI=1S/C15H11FO2/c1-2-15(17)11-4-3-5-14(10-11)18-13-8-6-12(16)7-9-13/h1,3-10,15,17H. The molecule has 2 aromatic rings. The van der Waals surface area contributed by atoms with Crippen LogP contribution >= 0.6 is 0 Å². The highest BCUT2D eigenvalue weighted by Crippen LogP contribution is 2.24. The van der Waals surface area contributed by atoms with Crippen LogP contribution in [0.4, 0.5) is 4.39 Å². The van der Waals surface area contributed by atoms with Crippen molar-refractivity contribution in [1.29, 1.82) is 0 Å². The minimum Gasteiger partial charge on any atom is -0.457 e. The zero-order valence-electron chi connectivity index (χ0n) is 9.51. The van der Waals surface area contributed by atoms with Crippen LogP contribution in [-0.2, 0) is 0 Å². The van der Waals surface area contributed by atoms with Crippen molar-refractivity contribution in [2.45, 2.75) is 6.10 Å². The van der Waals surface area contributed by atoms with Gasteiger partial charge in [-0.3, -0.25) is 0 Å². The third-order valence-electron chi connectivity index (χ3n) is 2.38. The van der Waals surface area contributed by atoms with Crippen molar-refractivity contribution in [2.24, 2.45) is 0 Å². The van der Waals surface area contributed by atoms with Crippen LogP contribution in [0.3, 0.4) is 0 Å². The van der Waals surface area contributed by atoms with Crippen LogP contribution in [-0.4, -0.2) is 5.11 Å². The molecule has 18 heavy (non-hydrogen) atoms. The van der Waals surface area contributed by atoms with Gasteiger partial charge in [-0.15, -0.1) is 6.42 Å². The van der Waals surface area contributed by atoms with Gasteiger partial charge in [0.05, 0.1) is 0 Å². The van der Waals surface area contributed by atoms with E-state index in [4.69, 9.17) is 11.2 Å². The number of hydrogen-bond donors (Lipinski definition) is 1. The lowest BCUT2D eigenvalue weighted by Gasteiger charge is -2.08. The minimum absolute atomic E-state index is 0.321. The van der Waals surface area contributed by atoms with E-state index < -0.39 is 6.10 Å². The monoisotopic (exact) mass is 242 g/mol. The Morgan fingerprint density at radius 2 is 1.83 bits per heavy atom. The van der Waals surface area contributed by atoms with Gasteiger partial charge in [-0.2, -0.15) is 0 Å². The molecule has 1 N–H and O–H groups in total. The van der Waals surface area contributed by atoms with E-state index in [1.807, 2.05) is 0 Å². The molecule has 0 aliphatic carbocycles. The Labute approximate surface area is 105 Å². The Morgan fingerprint density at radius 3 is 2.50 bits per heavy atom. The maximum absolute atomic E-state index is 12.7. The molecule has 0 aromatic heterocycles. The number of hydrogen-bond acceptors (Lipinski definition) is 2. The summed E-state index contributed by atoms with van der Waals surface area (Å²) < 4.78 is 18.3. The zero-order valence-corrected chi connectivity index (χ0v) is 9.51. The van der Waals surface area contributed by atoms with Gasteiger partial charge in [-0.25, -0.2) is 4.39 Å². The SMILES string of the molecule is C#CC(O)c1cccc(Oc2ccc(F)cc2)c1. The molecule has 0 aliphatic heterocycles. The molecule has 0 fully saturated rings. The molecule has 0 radical (unpaired) electrons. The molecule has 0 saturated heterocycles. The Bertz CT molecular complexity index is 570. The fourth-order valence-corrected chi connectivity index (χ4v) is 1.48. The number of benzene rings is 2. The molecular weight excluding hydrogens is 231 g/mol. The first-order valence-electron chi connectivity index (χ1n) is 5.36. The number of terminal acetylenes is 1. The van der Waals surface area contributed by atoms with E-state index in [2.05, 4.69) is 5.92 Å². The van der Waals surface area contributed by atoms with Gasteiger partial charge >= 0.3 is 0 Å². The highest BCUT2D eigenvalue weighted by molar-refractivity contribution is 5.36. The van der Waals surface area contributed by atoms with Crippen molar-refractivity contribution in [3.05, 3.63) is 59.9 Å². The van der Waals surface area contributed by atoms with E-state index in [-0.39, 0.29) is 5.82 Å². The van der Waals surface area contributed by atoms with E-state index >= 15 is 0 Å². The topological polar surface area (TPSA) is 29.5 Å². The van der Waals surface area contributed by atoms with Gasteiger partial charge in [0.25, 0.3) is 0 Å². The predicted octanol–water partition coefficient (Wildman–Crippen LogP) is 3.28. The van der Waals surface area contributed by atoms with Gasteiger partial charge in [0, 0.05) is 0 Å². The summed E-state index contributed by atoms with van der Waals surface area (Å²) in [6.07, 6.45) is 4.18. The summed E-state index contributed by atoms with van der Waals surface area (Å²) in [4.78, 5) is 0. The quantitative estimate of drug-likeness (QED) is 0.837. The fraction of sp³-hybridized carbons (Fsp3) is 0.0667. The predicted molar refractivity (Wildman–Crippen MR) is 66.7 cm³/mol. The molecule has 2 nitrogen and oxygen atoms in total. The molecule has 0 bridgehead atoms. The highest BCUT2D eigenvalue weighted by Gasteiger charge is 2.05. The average Bonchev–Trinajstić information content (AvgIpc) is 2.41. The van der Waals surface area contributed by atoms with Gasteiger partial charge in [0.2, 0.25) is 0 Å². The zero-order chi connectivity index (χ0) is 13.0. The molecule has 0 spiro atoms. The van der Waals surface area contributed by atoms with Crippen LogP contribution in [0.15, 0.2) is 48.5 Å². The van der Waals surface area contributed by atoms with Crippen LogP contribution < -0.4 is 4.74 Å². The second-order valence-corrected chi connectivity index (χ2v) is 3.70. The number of rotatable bonds is 3. The Kier molecular flexibility index (Phi) is 3.61. The average molecular weight is 242 g/mol. The minimum atomic E-state index is -0.957. The van der Waals surface area contributed by atoms with Crippen molar-refractivity contribution in [2.75, 3.05) is 0 Å². The summed E-state index contributed by atoms with van der Waals surface area (Å²) in [5.74, 6) is 2.96. The lowest BCUT2D eigenvalue weighted by molar-refractivity contribution is 0.238. The molecule has 90 valence electrons. The summed E-state index contributed by atoms with van der Waals surface area (Å²) in [6.45, 7) is 0. The smallest absolute Gasteiger partial charge is 0.140 e. The van der Waals surface area contributed by atoms with Crippen LogP contribution in [0.25, 0.3) is 0 Å². The first-order valence-corrected chi connectivity index (χ1v) is 5.36. The second kappa shape index (κ2) is 5.35. The van der Waals surface area contributed by atoms with Gasteiger partial charge in [-0.05, 0) is 42.0 Å². The third kappa shape index (κ3) is 2.88. The molecule has 0 heterocycles. The summed E-state index contributed by atoms with van der Waals surface area (Å²) in [5, 5.41) is 9.51. The maximum atomic E-state index is 12.7. The normalized spacial score (nSPS) is 11.6. The molecule has 0 saturated carbocycles. The molecule has 3 heteroatoms. The Morgan fingerprint density at radius 1 is 1.11 bits per heavy atom. The molecule has 2 rings (SSSR count). The van der Waals surface area contributed by atoms with Crippen LogP contribution in [0.1, 0.15) is 11.7 Å². The summed E-state index contributed by atoms with van der Waals surface area (Å²) in [6, 6.07) is 12.5. The summed E-state index contributed by atoms with van der Waals surface area (Å²) in [7, 11) is 0. The number of halogens is 1. The van der Waals surface area contributed by atoms with Crippen molar-refractivity contribution in [3.8, 4) is 23.8 Å². The van der Waals surface area contributed by atoms with Crippen molar-refractivity contribution >= 4 is 0 Å². The highest BCUT2D eigenvalue weighted by atomic mass is 19.1. The van der Waals surface area contributed by atoms with Crippen LogP contribution in [0.5, 0.6) is 11.5 Å². The number of aliphatic hydroxyl groups excluding tert-OH is 1. The molecule has 0 aliphatic rings. The number of ether oxygens (including phenoxy) is 1. The van der Waals surface area contributed by atoms with Crippen molar-refractivity contribution in [3.63, 3.8) is 0 Å². The van der Waals surface area contributed by atoms with Crippen molar-refractivity contribution < 1.29 is 14.2 Å². The Balaban J connectivity index is 2.19. The van der Waals surface area contributed by atoms with E-state index in [0.717, 1.165) is 0 Å². The third-order valence-corrected chi connectivity index (χ3v) is 2.38. The second-order valence-electron chi connectivity index (χ2n) is 3.70. The van der Waals surface area contributed by atoms with E-state index in [1.54, 1.807) is 24.3 Å². The first kappa shape index (κ1) is 12.2. The van der Waals surface area contributed by atoms with Crippen molar-refractivity contribution in [1.82, 2.24) is 0 Å². The molecular formula is C15H11FO2. The van der Waals surface area contributed by atoms with E-state index in [1.165, 1.54) is 24.3 Å². The van der Waals surface area contributed by atoms with Crippen LogP contribution in [0.2, 0.25) is 0 Å². The molecule has 2 aromatic carbocycles. The lowest BCUT2D eigenvalue weighted by Crippen LogP contribution is -1.93. The molecule has 0 amide bonds. The van der Waals surface area contributed by atoms with Crippen LogP contribution in [0, 0.1) is 18.2 Å². The van der Waals surface area contributed by atoms with Gasteiger partial charge in [-0.1, -0.05) is 18.1 Å². The fourth-order valence-electron chi connectivity index (χ4n) is 1.48. The summed E-state index contributed by atoms with van der Waals surface area (Å²) in [5.41, 5.74) is 0.581. The lowest BCUT2D eigenvalue weighted by atomic mass is 10.1.